The van der Waals surface area contributed by atoms with Crippen molar-refractivity contribution >= 4 is 5.91 Å². The lowest BCUT2D eigenvalue weighted by Crippen LogP contribution is -2.24. The molecule has 0 fully saturated rings. The third-order valence-corrected chi connectivity index (χ3v) is 2.08. The summed E-state index contributed by atoms with van der Waals surface area (Å²) in [6, 6.07) is 3.15. The highest BCUT2D eigenvalue weighted by atomic mass is 19.1. The van der Waals surface area contributed by atoms with Crippen LogP contribution in [0.4, 0.5) is 8.78 Å². The summed E-state index contributed by atoms with van der Waals surface area (Å²) >= 11 is 0. The Morgan fingerprint density at radius 3 is 2.88 bits per heavy atom. The average Bonchev–Trinajstić information content (AvgIpc) is 2.81. The molecule has 1 aromatic heterocycles. The molecule has 7 heteroatoms. The predicted molar refractivity (Wildman–Crippen MR) is 53.9 cm³/mol. The number of amides is 1. The van der Waals surface area contributed by atoms with Crippen LogP contribution in [-0.2, 0) is 6.54 Å². The zero-order valence-corrected chi connectivity index (χ0v) is 8.58. The molecule has 17 heavy (non-hydrogen) atoms. The number of hydrogen-bond donors (Lipinski definition) is 2. The van der Waals surface area contributed by atoms with E-state index in [1.54, 1.807) is 0 Å². The van der Waals surface area contributed by atoms with Crippen molar-refractivity contribution in [2.24, 2.45) is 0 Å². The van der Waals surface area contributed by atoms with Gasteiger partial charge in [-0.05, 0) is 6.07 Å². The largest absolute Gasteiger partial charge is 0.345 e. The fraction of sp³-hybridized carbons (Fsp3) is 0.100. The number of aromatic amines is 1. The monoisotopic (exact) mass is 238 g/mol. The van der Waals surface area contributed by atoms with Crippen molar-refractivity contribution in [1.82, 2.24) is 20.5 Å². The van der Waals surface area contributed by atoms with Crippen LogP contribution in [0.5, 0.6) is 0 Å². The second-order valence-corrected chi connectivity index (χ2v) is 3.25. The van der Waals surface area contributed by atoms with Gasteiger partial charge in [-0.1, -0.05) is 6.07 Å². The van der Waals surface area contributed by atoms with Gasteiger partial charge in [0.05, 0.1) is 0 Å². The van der Waals surface area contributed by atoms with E-state index in [-0.39, 0.29) is 17.9 Å². The Kier molecular flexibility index (Phi) is 3.08. The molecule has 5 nitrogen and oxygen atoms in total. The van der Waals surface area contributed by atoms with Crippen LogP contribution in [0.1, 0.15) is 16.2 Å². The van der Waals surface area contributed by atoms with Gasteiger partial charge in [-0.2, -0.15) is 5.10 Å². The van der Waals surface area contributed by atoms with E-state index in [1.807, 2.05) is 0 Å². The fourth-order valence-corrected chi connectivity index (χ4v) is 1.24. The third kappa shape index (κ3) is 2.63. The fourth-order valence-electron chi connectivity index (χ4n) is 1.24. The van der Waals surface area contributed by atoms with Crippen LogP contribution in [0, 0.1) is 11.6 Å². The van der Waals surface area contributed by atoms with Crippen LogP contribution in [0.25, 0.3) is 0 Å². The minimum Gasteiger partial charge on any atom is -0.345 e. The SMILES string of the molecule is O=C(NCc1ccc(F)cc1F)c1ncn[nH]1. The van der Waals surface area contributed by atoms with E-state index in [2.05, 4.69) is 20.5 Å². The molecule has 0 spiro atoms. The lowest BCUT2D eigenvalue weighted by Gasteiger charge is -2.04. The summed E-state index contributed by atoms with van der Waals surface area (Å²) in [6.07, 6.45) is 1.19. The Bertz CT molecular complexity index is 527. The van der Waals surface area contributed by atoms with Gasteiger partial charge in [-0.15, -0.1) is 0 Å². The molecule has 0 unspecified atom stereocenters. The van der Waals surface area contributed by atoms with Gasteiger partial charge in [0.25, 0.3) is 5.91 Å². The van der Waals surface area contributed by atoms with Gasteiger partial charge in [-0.25, -0.2) is 13.8 Å². The Morgan fingerprint density at radius 1 is 1.41 bits per heavy atom. The molecule has 1 aromatic carbocycles. The Morgan fingerprint density at radius 2 is 2.24 bits per heavy atom. The Hall–Kier alpha value is -2.31. The van der Waals surface area contributed by atoms with Crippen LogP contribution < -0.4 is 5.32 Å². The molecule has 0 aliphatic rings. The van der Waals surface area contributed by atoms with E-state index >= 15 is 0 Å². The van der Waals surface area contributed by atoms with E-state index in [4.69, 9.17) is 0 Å². The molecule has 2 rings (SSSR count). The number of carbonyl (C=O) groups is 1. The lowest BCUT2D eigenvalue weighted by molar-refractivity contribution is 0.0940. The highest BCUT2D eigenvalue weighted by Gasteiger charge is 2.09. The van der Waals surface area contributed by atoms with Crippen LogP contribution in [0.3, 0.4) is 0 Å². The number of rotatable bonds is 3. The number of carbonyl (C=O) groups excluding carboxylic acids is 1. The summed E-state index contributed by atoms with van der Waals surface area (Å²) in [5, 5.41) is 8.30. The second kappa shape index (κ2) is 4.69. The maximum atomic E-state index is 13.2. The number of nitrogens with zero attached hydrogens (tertiary/aromatic N) is 2. The number of aromatic nitrogens is 3. The predicted octanol–water partition coefficient (Wildman–Crippen LogP) is 1.01. The molecular formula is C10H8F2N4O. The van der Waals surface area contributed by atoms with E-state index in [0.29, 0.717) is 0 Å². The van der Waals surface area contributed by atoms with Gasteiger partial charge in [0.15, 0.2) is 0 Å². The molecule has 2 aromatic rings. The summed E-state index contributed by atoms with van der Waals surface area (Å²) < 4.78 is 25.8. The summed E-state index contributed by atoms with van der Waals surface area (Å²) in [4.78, 5) is 15.0. The maximum Gasteiger partial charge on any atom is 0.288 e. The molecule has 0 saturated carbocycles. The first-order valence-corrected chi connectivity index (χ1v) is 4.74. The second-order valence-electron chi connectivity index (χ2n) is 3.25. The molecule has 0 bridgehead atoms. The first-order valence-electron chi connectivity index (χ1n) is 4.74. The van der Waals surface area contributed by atoms with Crippen molar-refractivity contribution in [2.75, 3.05) is 0 Å². The average molecular weight is 238 g/mol. The van der Waals surface area contributed by atoms with Gasteiger partial charge in [0.1, 0.15) is 18.0 Å². The molecule has 1 heterocycles. The lowest BCUT2D eigenvalue weighted by atomic mass is 10.2. The van der Waals surface area contributed by atoms with Gasteiger partial charge in [0.2, 0.25) is 5.82 Å². The van der Waals surface area contributed by atoms with Crippen LogP contribution in [0.15, 0.2) is 24.5 Å². The summed E-state index contributed by atoms with van der Waals surface area (Å²) in [7, 11) is 0. The van der Waals surface area contributed by atoms with Crippen LogP contribution in [0.2, 0.25) is 0 Å². The molecule has 2 N–H and O–H groups in total. The molecule has 0 aliphatic carbocycles. The van der Waals surface area contributed by atoms with Crippen molar-refractivity contribution in [2.45, 2.75) is 6.54 Å². The van der Waals surface area contributed by atoms with Gasteiger partial charge in [-0.3, -0.25) is 9.89 Å². The van der Waals surface area contributed by atoms with Gasteiger partial charge >= 0.3 is 0 Å². The molecule has 0 saturated heterocycles. The van der Waals surface area contributed by atoms with Gasteiger partial charge in [0, 0.05) is 18.2 Å². The van der Waals surface area contributed by atoms with Crippen molar-refractivity contribution < 1.29 is 13.6 Å². The smallest absolute Gasteiger partial charge is 0.288 e. The molecule has 1 amide bonds. The summed E-state index contributed by atoms with van der Waals surface area (Å²) in [5.74, 6) is -1.84. The van der Waals surface area contributed by atoms with E-state index in [1.165, 1.54) is 12.4 Å². The molecule has 0 radical (unpaired) electrons. The van der Waals surface area contributed by atoms with Crippen molar-refractivity contribution in [3.8, 4) is 0 Å². The Balaban J connectivity index is 2.01. The van der Waals surface area contributed by atoms with Crippen LogP contribution in [-0.4, -0.2) is 21.1 Å². The topological polar surface area (TPSA) is 70.7 Å². The first kappa shape index (κ1) is 11.2. The summed E-state index contributed by atoms with van der Waals surface area (Å²) in [5.41, 5.74) is 0.194. The van der Waals surface area contributed by atoms with E-state index < -0.39 is 17.5 Å². The van der Waals surface area contributed by atoms with Crippen molar-refractivity contribution in [1.29, 1.82) is 0 Å². The highest BCUT2D eigenvalue weighted by molar-refractivity contribution is 5.90. The number of H-pyrrole nitrogens is 1. The number of benzene rings is 1. The molecule has 0 atom stereocenters. The Labute approximate surface area is 94.9 Å². The first-order chi connectivity index (χ1) is 8.16. The molecule has 0 aliphatic heterocycles. The van der Waals surface area contributed by atoms with E-state index in [9.17, 15) is 13.6 Å². The minimum atomic E-state index is -0.706. The highest BCUT2D eigenvalue weighted by Crippen LogP contribution is 2.09. The maximum absolute atomic E-state index is 13.2. The molecular weight excluding hydrogens is 230 g/mol. The van der Waals surface area contributed by atoms with Crippen LogP contribution >= 0.6 is 0 Å². The standard InChI is InChI=1S/C10H8F2N4O/c11-7-2-1-6(8(12)3-7)4-13-10(17)9-14-5-15-16-9/h1-3,5H,4H2,(H,13,17)(H,14,15,16). The summed E-state index contributed by atoms with van der Waals surface area (Å²) in [6.45, 7) is -0.0500. The quantitative estimate of drug-likeness (QED) is 0.838. The minimum absolute atomic E-state index is 0.0347. The zero-order chi connectivity index (χ0) is 12.3. The third-order valence-electron chi connectivity index (χ3n) is 2.08. The zero-order valence-electron chi connectivity index (χ0n) is 8.58. The van der Waals surface area contributed by atoms with E-state index in [0.717, 1.165) is 12.1 Å². The van der Waals surface area contributed by atoms with Crippen molar-refractivity contribution in [3.63, 3.8) is 0 Å². The number of nitrogens with one attached hydrogen (secondary N) is 2. The van der Waals surface area contributed by atoms with Gasteiger partial charge < -0.3 is 5.32 Å². The molecule has 88 valence electrons. The number of halogens is 2. The normalized spacial score (nSPS) is 10.2. The number of hydrogen-bond acceptors (Lipinski definition) is 3. The van der Waals surface area contributed by atoms with Crippen molar-refractivity contribution in [3.05, 3.63) is 47.5 Å².